The predicted octanol–water partition coefficient (Wildman–Crippen LogP) is 9.45. The summed E-state index contributed by atoms with van der Waals surface area (Å²) in [7, 11) is 0. The highest BCUT2D eigenvalue weighted by Crippen LogP contribution is 2.48. The lowest BCUT2D eigenvalue weighted by molar-refractivity contribution is -0.270. The Labute approximate surface area is 303 Å². The third-order valence-corrected chi connectivity index (χ3v) is 10.6. The van der Waals surface area contributed by atoms with Gasteiger partial charge in [-0.05, 0) is 116 Å². The van der Waals surface area contributed by atoms with E-state index in [1.165, 1.54) is 17.2 Å². The summed E-state index contributed by atoms with van der Waals surface area (Å²) in [5.74, 6) is 0.648. The van der Waals surface area contributed by atoms with Crippen molar-refractivity contribution in [3.63, 3.8) is 0 Å². The minimum Gasteiger partial charge on any atom is -0.488 e. The molecule has 9 nitrogen and oxygen atoms in total. The highest BCUT2D eigenvalue weighted by Gasteiger charge is 2.54. The first-order valence-electron chi connectivity index (χ1n) is 18.2. The number of benzene rings is 2. The minimum absolute atomic E-state index is 0.00525. The van der Waals surface area contributed by atoms with Crippen LogP contribution in [0.1, 0.15) is 83.9 Å². The first kappa shape index (κ1) is 34.5. The van der Waals surface area contributed by atoms with Gasteiger partial charge in [-0.15, -0.1) is 0 Å². The Balaban J connectivity index is 0.915. The molecule has 272 valence electrons. The van der Waals surface area contributed by atoms with E-state index in [0.717, 1.165) is 65.3 Å². The van der Waals surface area contributed by atoms with Gasteiger partial charge < -0.3 is 37.3 Å². The zero-order chi connectivity index (χ0) is 36.3. The number of epoxide rings is 1. The molecule has 0 N–H and O–H groups in total. The second-order valence-electron chi connectivity index (χ2n) is 15.4. The van der Waals surface area contributed by atoms with E-state index in [4.69, 9.17) is 37.3 Å². The van der Waals surface area contributed by atoms with Gasteiger partial charge in [0.05, 0.1) is 46.0 Å². The van der Waals surface area contributed by atoms with Gasteiger partial charge in [0.1, 0.15) is 41.6 Å². The van der Waals surface area contributed by atoms with Gasteiger partial charge >= 0.3 is 11.6 Å². The normalized spacial score (nSPS) is 24.0. The lowest BCUT2D eigenvalue weighted by Crippen LogP contribution is -2.38. The molecule has 2 fully saturated rings. The lowest BCUT2D eigenvalue weighted by atomic mass is 9.96. The number of fused-ring (bicyclic) bond motifs is 4. The SMILES string of the molecule is C/C(=C\COc1c2c(cc3occc13)OC1(C=C2)OC(CC/C(C)=C/COc2c3c(cc4oc(=O)ccc24)CC=C3)C(C)(C)O1)CCC1OC1(C)C. The summed E-state index contributed by atoms with van der Waals surface area (Å²) in [6.07, 6.45) is 18.2. The van der Waals surface area contributed by atoms with Crippen LogP contribution in [-0.4, -0.2) is 42.6 Å². The van der Waals surface area contributed by atoms with Crippen molar-refractivity contribution >= 4 is 34.1 Å². The smallest absolute Gasteiger partial charge is 0.350 e. The molecule has 2 aromatic carbocycles. The molecule has 1 aliphatic carbocycles. The minimum atomic E-state index is -1.37. The molecule has 52 heavy (non-hydrogen) atoms. The van der Waals surface area contributed by atoms with E-state index >= 15 is 0 Å². The fourth-order valence-electron chi connectivity index (χ4n) is 7.42. The van der Waals surface area contributed by atoms with Crippen LogP contribution in [0, 0.1) is 0 Å². The second kappa shape index (κ2) is 13.1. The zero-order valence-corrected chi connectivity index (χ0v) is 30.7. The molecule has 1 spiro atoms. The molecular weight excluding hydrogens is 660 g/mol. The predicted molar refractivity (Wildman–Crippen MR) is 200 cm³/mol. The maximum Gasteiger partial charge on any atom is 0.350 e. The topological polar surface area (TPSA) is 102 Å². The van der Waals surface area contributed by atoms with Crippen LogP contribution in [0.5, 0.6) is 17.2 Å². The van der Waals surface area contributed by atoms with Gasteiger partial charge in [0.25, 0.3) is 0 Å². The third kappa shape index (κ3) is 6.73. The Bertz CT molecular complexity index is 2210. The zero-order valence-electron chi connectivity index (χ0n) is 30.7. The van der Waals surface area contributed by atoms with E-state index in [1.807, 2.05) is 44.2 Å². The van der Waals surface area contributed by atoms with Crippen LogP contribution in [0.25, 0.3) is 34.1 Å². The van der Waals surface area contributed by atoms with E-state index in [-0.39, 0.29) is 17.3 Å². The summed E-state index contributed by atoms with van der Waals surface area (Å²) in [6, 6.07) is 8.92. The van der Waals surface area contributed by atoms with Crippen LogP contribution in [0.15, 0.2) is 85.7 Å². The molecule has 3 aliphatic heterocycles. The fraction of sp³-hybridized carbons (Fsp3) is 0.419. The maximum atomic E-state index is 11.9. The summed E-state index contributed by atoms with van der Waals surface area (Å²) < 4.78 is 49.3. The van der Waals surface area contributed by atoms with Gasteiger partial charge in [-0.3, -0.25) is 0 Å². The Hall–Kier alpha value is -4.57. The van der Waals surface area contributed by atoms with E-state index in [9.17, 15) is 4.79 Å². The summed E-state index contributed by atoms with van der Waals surface area (Å²) in [5, 5.41) is 1.67. The van der Waals surface area contributed by atoms with Crippen LogP contribution < -0.4 is 19.8 Å². The van der Waals surface area contributed by atoms with Gasteiger partial charge in [0.15, 0.2) is 0 Å². The largest absolute Gasteiger partial charge is 0.488 e. The molecule has 3 unspecified atom stereocenters. The third-order valence-electron chi connectivity index (χ3n) is 10.6. The van der Waals surface area contributed by atoms with Gasteiger partial charge in [0.2, 0.25) is 0 Å². The molecule has 3 atom stereocenters. The molecule has 0 amide bonds. The molecule has 4 aliphatic rings. The number of furan rings is 1. The molecule has 5 heterocycles. The van der Waals surface area contributed by atoms with Gasteiger partial charge in [-0.25, -0.2) is 4.79 Å². The van der Waals surface area contributed by atoms with Crippen molar-refractivity contribution in [1.29, 1.82) is 0 Å². The molecule has 8 rings (SSSR count). The number of allylic oxidation sites excluding steroid dienone is 3. The Morgan fingerprint density at radius 2 is 1.50 bits per heavy atom. The van der Waals surface area contributed by atoms with Crippen molar-refractivity contribution in [1.82, 2.24) is 0 Å². The van der Waals surface area contributed by atoms with Crippen molar-refractivity contribution in [3.8, 4) is 17.2 Å². The van der Waals surface area contributed by atoms with E-state index in [0.29, 0.717) is 42.0 Å². The monoisotopic (exact) mass is 706 g/mol. The molecule has 0 saturated carbocycles. The molecule has 4 aromatic rings. The summed E-state index contributed by atoms with van der Waals surface area (Å²) in [5.41, 5.74) is 5.61. The van der Waals surface area contributed by atoms with Gasteiger partial charge in [0, 0.05) is 23.8 Å². The van der Waals surface area contributed by atoms with Crippen molar-refractivity contribution in [2.75, 3.05) is 13.2 Å². The van der Waals surface area contributed by atoms with E-state index in [2.05, 4.69) is 52.0 Å². The van der Waals surface area contributed by atoms with E-state index in [1.54, 1.807) is 12.3 Å². The molecule has 0 radical (unpaired) electrons. The highest BCUT2D eigenvalue weighted by molar-refractivity contribution is 5.92. The Morgan fingerprint density at radius 3 is 2.21 bits per heavy atom. The van der Waals surface area contributed by atoms with Crippen molar-refractivity contribution in [3.05, 3.63) is 99.2 Å². The lowest BCUT2D eigenvalue weighted by Gasteiger charge is -2.30. The number of ether oxygens (including phenoxy) is 6. The quantitative estimate of drug-likeness (QED) is 0.0810. The van der Waals surface area contributed by atoms with Crippen molar-refractivity contribution < 1.29 is 37.3 Å². The van der Waals surface area contributed by atoms with Crippen LogP contribution >= 0.6 is 0 Å². The fourth-order valence-corrected chi connectivity index (χ4v) is 7.42. The summed E-state index contributed by atoms with van der Waals surface area (Å²) in [6.45, 7) is 13.4. The highest BCUT2D eigenvalue weighted by atomic mass is 16.9. The summed E-state index contributed by atoms with van der Waals surface area (Å²) in [4.78, 5) is 11.9. The first-order valence-corrected chi connectivity index (χ1v) is 18.2. The standard InChI is InChI=1S/C43H46O9/c1-26(10-13-36-41(3,4)50-36)18-22-47-40-31-16-20-43(49-35(31)25-33-32(40)19-23-45-33)51-37(42(5,6)52-43)14-11-27(2)17-21-46-39-29-9-7-8-28(29)24-34-30(39)12-15-38(44)48-34/h7,9,12,15-20,23-25,36-37H,8,10-11,13-14,21-22H2,1-6H3/b26-18+,27-17+. The second-order valence-corrected chi connectivity index (χ2v) is 15.4. The van der Waals surface area contributed by atoms with Crippen LogP contribution in [-0.2, 0) is 20.6 Å². The first-order chi connectivity index (χ1) is 24.9. The van der Waals surface area contributed by atoms with Crippen LogP contribution in [0.3, 0.4) is 0 Å². The van der Waals surface area contributed by atoms with Crippen molar-refractivity contribution in [2.45, 2.75) is 103 Å². The van der Waals surface area contributed by atoms with Gasteiger partial charge in [-0.2, -0.15) is 0 Å². The average Bonchev–Trinajstić information content (AvgIpc) is 3.49. The number of hydrogen-bond acceptors (Lipinski definition) is 9. The molecular formula is C43H46O9. The maximum absolute atomic E-state index is 11.9. The van der Waals surface area contributed by atoms with E-state index < -0.39 is 11.6 Å². The van der Waals surface area contributed by atoms with Crippen molar-refractivity contribution in [2.24, 2.45) is 0 Å². The van der Waals surface area contributed by atoms with Crippen LogP contribution in [0.2, 0.25) is 0 Å². The number of hydrogen-bond donors (Lipinski definition) is 0. The average molecular weight is 707 g/mol. The van der Waals surface area contributed by atoms with Crippen LogP contribution in [0.4, 0.5) is 0 Å². The summed E-state index contributed by atoms with van der Waals surface area (Å²) >= 11 is 0. The Kier molecular flexibility index (Phi) is 8.71. The Morgan fingerprint density at radius 1 is 0.827 bits per heavy atom. The van der Waals surface area contributed by atoms with Gasteiger partial charge in [-0.1, -0.05) is 23.3 Å². The number of rotatable bonds is 12. The molecule has 2 saturated heterocycles. The molecule has 9 heteroatoms. The molecule has 2 aromatic heterocycles. The molecule has 0 bridgehead atoms.